The lowest BCUT2D eigenvalue weighted by molar-refractivity contribution is -0.147. The van der Waals surface area contributed by atoms with E-state index in [9.17, 15) is 24.3 Å². The summed E-state index contributed by atoms with van der Waals surface area (Å²) in [6, 6.07) is 20.6. The smallest absolute Gasteiger partial charge is 0.305 e. The topological polar surface area (TPSA) is 137 Å². The van der Waals surface area contributed by atoms with Crippen LogP contribution in [-0.4, -0.2) is 76.6 Å². The summed E-state index contributed by atoms with van der Waals surface area (Å²) in [4.78, 5) is 60.1. The van der Waals surface area contributed by atoms with Crippen molar-refractivity contribution in [2.75, 3.05) is 19.6 Å². The average Bonchev–Trinajstić information content (AvgIpc) is 3.46. The van der Waals surface area contributed by atoms with Crippen LogP contribution in [0.25, 0.3) is 10.8 Å². The monoisotopic (exact) mass is 598 g/mol. The minimum absolute atomic E-state index is 0.0464. The van der Waals surface area contributed by atoms with Crippen molar-refractivity contribution >= 4 is 40.1 Å². The van der Waals surface area contributed by atoms with Crippen molar-refractivity contribution in [2.45, 2.75) is 63.1 Å². The zero-order chi connectivity index (χ0) is 31.1. The number of amides is 2. The molecule has 0 aliphatic carbocycles. The number of carbonyl (C=O) groups excluding carboxylic acids is 3. The van der Waals surface area contributed by atoms with Crippen molar-refractivity contribution in [1.82, 2.24) is 15.5 Å². The van der Waals surface area contributed by atoms with E-state index >= 15 is 0 Å². The Kier molecular flexibility index (Phi) is 9.69. The van der Waals surface area contributed by atoms with E-state index in [0.29, 0.717) is 11.3 Å². The standard InChI is InChI=1S/C34H38N4O6/c1-23(35-32(42)27-16-10-14-25-13-6-7-15-26(25)27)29-21-34(44-37-29,20-24-11-4-2-5-12-24)33(43)36-28(19-31(40)41)30(39)22-38-17-8-3-9-18-38/h2,4-7,10-16,23,28H,3,8-9,17-22H2,1H3,(H,35,42)(H,36,43)(H,40,41)/t23-,28-,34?/m0/s1. The van der Waals surface area contributed by atoms with Crippen LogP contribution in [0, 0.1) is 0 Å². The second-order valence-corrected chi connectivity index (χ2v) is 11.7. The highest BCUT2D eigenvalue weighted by atomic mass is 16.7. The Morgan fingerprint density at radius 1 is 0.932 bits per heavy atom. The summed E-state index contributed by atoms with van der Waals surface area (Å²) in [5, 5.41) is 21.3. The molecule has 0 bridgehead atoms. The van der Waals surface area contributed by atoms with Crippen LogP contribution in [0.3, 0.4) is 0 Å². The first-order valence-electron chi connectivity index (χ1n) is 15.1. The number of nitrogens with zero attached hydrogens (tertiary/aromatic N) is 2. The van der Waals surface area contributed by atoms with Gasteiger partial charge in [0.05, 0.1) is 30.8 Å². The molecule has 0 aromatic heterocycles. The Bertz CT molecular complexity index is 1550. The van der Waals surface area contributed by atoms with E-state index in [1.54, 1.807) is 13.0 Å². The first kappa shape index (κ1) is 30.9. The lowest BCUT2D eigenvalue weighted by Gasteiger charge is -2.30. The number of carbonyl (C=O) groups is 4. The number of hydrogen-bond acceptors (Lipinski definition) is 7. The number of carboxylic acids is 1. The number of piperidine rings is 1. The van der Waals surface area contributed by atoms with Crippen LogP contribution in [-0.2, 0) is 25.6 Å². The Morgan fingerprint density at radius 3 is 2.39 bits per heavy atom. The van der Waals surface area contributed by atoms with Crippen molar-refractivity contribution in [3.05, 3.63) is 83.9 Å². The van der Waals surface area contributed by atoms with Gasteiger partial charge in [-0.3, -0.25) is 24.1 Å². The van der Waals surface area contributed by atoms with Crippen LogP contribution in [0.15, 0.2) is 78.0 Å². The van der Waals surface area contributed by atoms with Crippen LogP contribution in [0.2, 0.25) is 0 Å². The molecule has 3 aromatic carbocycles. The predicted octanol–water partition coefficient (Wildman–Crippen LogP) is 3.73. The van der Waals surface area contributed by atoms with Gasteiger partial charge in [0.15, 0.2) is 5.78 Å². The van der Waals surface area contributed by atoms with Gasteiger partial charge in [0, 0.05) is 18.4 Å². The number of likely N-dealkylation sites (tertiary alicyclic amines) is 1. The maximum atomic E-state index is 14.0. The lowest BCUT2D eigenvalue weighted by Crippen LogP contribution is -2.56. The Hall–Kier alpha value is -4.57. The third-order valence-corrected chi connectivity index (χ3v) is 8.33. The number of nitrogens with one attached hydrogen (secondary N) is 2. The predicted molar refractivity (Wildman–Crippen MR) is 166 cm³/mol. The molecule has 1 unspecified atom stereocenters. The van der Waals surface area contributed by atoms with Crippen LogP contribution in [0.5, 0.6) is 0 Å². The molecule has 0 saturated carbocycles. The van der Waals surface area contributed by atoms with Gasteiger partial charge in [0.1, 0.15) is 0 Å². The van der Waals surface area contributed by atoms with E-state index in [4.69, 9.17) is 4.84 Å². The maximum Gasteiger partial charge on any atom is 0.305 e. The summed E-state index contributed by atoms with van der Waals surface area (Å²) in [7, 11) is 0. The van der Waals surface area contributed by atoms with Crippen molar-refractivity contribution in [2.24, 2.45) is 5.16 Å². The zero-order valence-electron chi connectivity index (χ0n) is 24.8. The molecule has 10 heteroatoms. The van der Waals surface area contributed by atoms with Gasteiger partial charge < -0.3 is 20.6 Å². The second-order valence-electron chi connectivity index (χ2n) is 11.7. The highest BCUT2D eigenvalue weighted by Crippen LogP contribution is 2.31. The number of rotatable bonds is 12. The van der Waals surface area contributed by atoms with Crippen molar-refractivity contribution in [3.63, 3.8) is 0 Å². The minimum atomic E-state index is -1.53. The van der Waals surface area contributed by atoms with Gasteiger partial charge in [0.25, 0.3) is 11.8 Å². The molecule has 1 fully saturated rings. The number of Topliss-reactive ketones (excluding diaryl/α,β-unsaturated/α-hetero) is 1. The molecule has 3 N–H and O–H groups in total. The number of carboxylic acid groups (broad SMARTS) is 1. The third-order valence-electron chi connectivity index (χ3n) is 8.33. The molecular formula is C34H38N4O6. The number of aliphatic carboxylic acids is 1. The summed E-state index contributed by atoms with van der Waals surface area (Å²) < 4.78 is 0. The van der Waals surface area contributed by atoms with E-state index in [-0.39, 0.29) is 31.1 Å². The fraction of sp³-hybridized carbons (Fsp3) is 0.382. The highest BCUT2D eigenvalue weighted by Gasteiger charge is 2.49. The Labute approximate surface area is 256 Å². The number of oxime groups is 1. The molecule has 2 aliphatic heterocycles. The SMILES string of the molecule is C[C@H](NC(=O)c1cccc2ccccc12)C1=NOC(Cc2ccccc2)(C(=O)N[C@@H](CC(=O)O)C(=O)CN2CCCCC2)C1. The number of ketones is 1. The third kappa shape index (κ3) is 7.31. The van der Waals surface area contributed by atoms with Crippen LogP contribution in [0.1, 0.15) is 54.9 Å². The van der Waals surface area contributed by atoms with Gasteiger partial charge in [0.2, 0.25) is 5.60 Å². The van der Waals surface area contributed by atoms with E-state index < -0.39 is 36.0 Å². The van der Waals surface area contributed by atoms with E-state index in [1.165, 1.54) is 0 Å². The molecule has 1 saturated heterocycles. The van der Waals surface area contributed by atoms with Crippen molar-refractivity contribution in [3.8, 4) is 0 Å². The van der Waals surface area contributed by atoms with Gasteiger partial charge in [-0.25, -0.2) is 0 Å². The van der Waals surface area contributed by atoms with E-state index in [1.807, 2.05) is 71.6 Å². The summed E-state index contributed by atoms with van der Waals surface area (Å²) in [5.74, 6) is -2.45. The Morgan fingerprint density at radius 2 is 1.64 bits per heavy atom. The first-order valence-corrected chi connectivity index (χ1v) is 15.1. The largest absolute Gasteiger partial charge is 0.481 e. The number of fused-ring (bicyclic) bond motifs is 1. The molecule has 44 heavy (non-hydrogen) atoms. The number of hydrogen-bond donors (Lipinski definition) is 3. The second kappa shape index (κ2) is 13.8. The molecule has 230 valence electrons. The van der Waals surface area contributed by atoms with Gasteiger partial charge in [-0.1, -0.05) is 78.3 Å². The molecule has 5 rings (SSSR count). The molecule has 2 aliphatic rings. The molecule has 10 nitrogen and oxygen atoms in total. The fourth-order valence-corrected chi connectivity index (χ4v) is 5.90. The van der Waals surface area contributed by atoms with Crippen LogP contribution < -0.4 is 10.6 Å². The summed E-state index contributed by atoms with van der Waals surface area (Å²) >= 11 is 0. The van der Waals surface area contributed by atoms with E-state index in [0.717, 1.165) is 48.7 Å². The summed E-state index contributed by atoms with van der Waals surface area (Å²) in [6.07, 6.45) is 2.70. The summed E-state index contributed by atoms with van der Waals surface area (Å²) in [5.41, 5.74) is 0.253. The van der Waals surface area contributed by atoms with Crippen molar-refractivity contribution in [1.29, 1.82) is 0 Å². The number of benzene rings is 3. The van der Waals surface area contributed by atoms with Crippen molar-refractivity contribution < 1.29 is 29.1 Å². The molecule has 3 atom stereocenters. The van der Waals surface area contributed by atoms with Crippen LogP contribution >= 0.6 is 0 Å². The quantitative estimate of drug-likeness (QED) is 0.289. The molecule has 2 heterocycles. The maximum absolute atomic E-state index is 14.0. The van der Waals surface area contributed by atoms with E-state index in [2.05, 4.69) is 15.8 Å². The fourth-order valence-electron chi connectivity index (χ4n) is 5.90. The highest BCUT2D eigenvalue weighted by molar-refractivity contribution is 6.09. The Balaban J connectivity index is 1.33. The van der Waals surface area contributed by atoms with Gasteiger partial charge >= 0.3 is 5.97 Å². The minimum Gasteiger partial charge on any atom is -0.481 e. The molecule has 0 spiro atoms. The van der Waals surface area contributed by atoms with Gasteiger partial charge in [-0.15, -0.1) is 0 Å². The molecule has 2 amide bonds. The van der Waals surface area contributed by atoms with Gasteiger partial charge in [-0.05, 0) is 55.3 Å². The molecule has 0 radical (unpaired) electrons. The lowest BCUT2D eigenvalue weighted by atomic mass is 9.86. The normalized spacial score (nSPS) is 19.8. The zero-order valence-corrected chi connectivity index (χ0v) is 24.8. The van der Waals surface area contributed by atoms with Crippen LogP contribution in [0.4, 0.5) is 0 Å². The molecular weight excluding hydrogens is 560 g/mol. The van der Waals surface area contributed by atoms with Gasteiger partial charge in [-0.2, -0.15) is 0 Å². The average molecular weight is 599 g/mol. The molecule has 3 aromatic rings. The summed E-state index contributed by atoms with van der Waals surface area (Å²) in [6.45, 7) is 3.38. The first-order chi connectivity index (χ1) is 21.2.